The summed E-state index contributed by atoms with van der Waals surface area (Å²) in [6.07, 6.45) is 0. The molecule has 0 saturated carbocycles. The Kier molecular flexibility index (Phi) is 8.86. The number of hydrogen-bond donors (Lipinski definition) is 2. The molecule has 2 aromatic carbocycles. The van der Waals surface area contributed by atoms with Gasteiger partial charge in [0.25, 0.3) is 0 Å². The van der Waals surface area contributed by atoms with Crippen molar-refractivity contribution in [2.45, 2.75) is 19.8 Å². The highest BCUT2D eigenvalue weighted by Crippen LogP contribution is 2.43. The highest BCUT2D eigenvalue weighted by atomic mass is 32.2. The lowest BCUT2D eigenvalue weighted by molar-refractivity contribution is -0.150. The number of esters is 1. The van der Waals surface area contributed by atoms with Crippen molar-refractivity contribution in [2.75, 3.05) is 24.8 Å². The van der Waals surface area contributed by atoms with Crippen molar-refractivity contribution in [1.29, 1.82) is 5.26 Å². The summed E-state index contributed by atoms with van der Waals surface area (Å²) in [5.41, 5.74) is 1.65. The zero-order valence-electron chi connectivity index (χ0n) is 20.0. The number of ether oxygens (including phenoxy) is 2. The number of thioether (sulfide) groups is 1. The van der Waals surface area contributed by atoms with E-state index in [1.165, 1.54) is 14.0 Å². The van der Waals surface area contributed by atoms with E-state index in [2.05, 4.69) is 16.7 Å². The number of nitrogens with one attached hydrogen (secondary N) is 2. The van der Waals surface area contributed by atoms with E-state index in [1.54, 1.807) is 55.5 Å². The third kappa shape index (κ3) is 5.93. The van der Waals surface area contributed by atoms with Gasteiger partial charge in [-0.2, -0.15) is 5.26 Å². The summed E-state index contributed by atoms with van der Waals surface area (Å²) in [4.78, 5) is 49.6. The van der Waals surface area contributed by atoms with Crippen LogP contribution < -0.4 is 15.4 Å². The molecular formula is C26H25N3O6S. The molecule has 0 fully saturated rings. The Bertz CT molecular complexity index is 1250. The second-order valence-electron chi connectivity index (χ2n) is 7.76. The van der Waals surface area contributed by atoms with E-state index in [1.807, 2.05) is 0 Å². The van der Waals surface area contributed by atoms with E-state index < -0.39 is 23.7 Å². The van der Waals surface area contributed by atoms with Crippen LogP contribution in [0.1, 0.15) is 35.7 Å². The fourth-order valence-electron chi connectivity index (χ4n) is 3.80. The average Bonchev–Trinajstić information content (AvgIpc) is 2.87. The lowest BCUT2D eigenvalue weighted by atomic mass is 9.78. The summed E-state index contributed by atoms with van der Waals surface area (Å²) in [6, 6.07) is 15.4. The number of para-hydroxylation sites is 1. The number of nitrogens with zero attached hydrogens (tertiary/aromatic N) is 1. The molecule has 2 atom stereocenters. The molecule has 2 aromatic rings. The Morgan fingerprint density at radius 1 is 1.14 bits per heavy atom. The van der Waals surface area contributed by atoms with Gasteiger partial charge in [-0.3, -0.25) is 19.2 Å². The van der Waals surface area contributed by atoms with Gasteiger partial charge >= 0.3 is 5.97 Å². The maximum atomic E-state index is 13.0. The van der Waals surface area contributed by atoms with E-state index in [9.17, 15) is 24.4 Å². The first-order valence-electron chi connectivity index (χ1n) is 11.1. The first kappa shape index (κ1) is 26.5. The van der Waals surface area contributed by atoms with E-state index >= 15 is 0 Å². The van der Waals surface area contributed by atoms with Crippen molar-refractivity contribution in [1.82, 2.24) is 5.32 Å². The normalized spacial score (nSPS) is 17.0. The zero-order valence-corrected chi connectivity index (χ0v) is 20.8. The summed E-state index contributed by atoms with van der Waals surface area (Å²) in [6.45, 7) is 3.60. The van der Waals surface area contributed by atoms with Gasteiger partial charge in [0, 0.05) is 22.7 Å². The molecule has 0 radical (unpaired) electrons. The molecule has 10 heteroatoms. The molecule has 0 aliphatic carbocycles. The van der Waals surface area contributed by atoms with Crippen LogP contribution in [0.5, 0.6) is 5.75 Å². The number of allylic oxidation sites excluding steroid dienone is 1. The number of rotatable bonds is 9. The van der Waals surface area contributed by atoms with E-state index in [0.717, 1.165) is 11.8 Å². The number of methoxy groups -OCH3 is 1. The van der Waals surface area contributed by atoms with Gasteiger partial charge in [0.2, 0.25) is 11.8 Å². The lowest BCUT2D eigenvalue weighted by Gasteiger charge is -2.31. The van der Waals surface area contributed by atoms with Gasteiger partial charge in [-0.25, -0.2) is 0 Å². The number of hydrogen-bond acceptors (Lipinski definition) is 8. The smallest absolute Gasteiger partial charge is 0.319 e. The molecule has 3 rings (SSSR count). The van der Waals surface area contributed by atoms with Crippen molar-refractivity contribution in [3.8, 4) is 11.8 Å². The quantitative estimate of drug-likeness (QED) is 0.300. The van der Waals surface area contributed by atoms with Crippen molar-refractivity contribution in [3.05, 3.63) is 70.3 Å². The molecule has 0 bridgehead atoms. The number of amides is 2. The number of ketones is 1. The highest BCUT2D eigenvalue weighted by molar-refractivity contribution is 8.03. The number of carbonyl (C=O) groups is 4. The molecule has 186 valence electrons. The van der Waals surface area contributed by atoms with Gasteiger partial charge < -0.3 is 20.1 Å². The lowest BCUT2D eigenvalue weighted by Crippen LogP contribution is -2.44. The SMILES string of the molecule is CCOc1ccccc1[C@H]1C(C#N)=C(SCC(=O)Nc2ccc(C(C)=O)cc2)NC(=O)[C@@H]1C(=O)OC. The van der Waals surface area contributed by atoms with Gasteiger partial charge in [-0.1, -0.05) is 30.0 Å². The topological polar surface area (TPSA) is 135 Å². The number of Topliss-reactive ketones (excluding diaryl/α,β-unsaturated/α-hetero) is 1. The Morgan fingerprint density at radius 2 is 1.83 bits per heavy atom. The van der Waals surface area contributed by atoms with Crippen LogP contribution in [0.25, 0.3) is 0 Å². The van der Waals surface area contributed by atoms with Crippen molar-refractivity contribution < 1.29 is 28.7 Å². The first-order valence-corrected chi connectivity index (χ1v) is 12.1. The van der Waals surface area contributed by atoms with Crippen molar-refractivity contribution >= 4 is 41.0 Å². The Morgan fingerprint density at radius 3 is 2.44 bits per heavy atom. The number of benzene rings is 2. The molecule has 9 nitrogen and oxygen atoms in total. The van der Waals surface area contributed by atoms with Crippen LogP contribution in [0.3, 0.4) is 0 Å². The zero-order chi connectivity index (χ0) is 26.2. The van der Waals surface area contributed by atoms with Gasteiger partial charge in [0.1, 0.15) is 11.7 Å². The molecular weight excluding hydrogens is 482 g/mol. The summed E-state index contributed by atoms with van der Waals surface area (Å²) in [5.74, 6) is -3.82. The van der Waals surface area contributed by atoms with Gasteiger partial charge in [0.05, 0.1) is 36.1 Å². The summed E-state index contributed by atoms with van der Waals surface area (Å²) in [7, 11) is 1.18. The van der Waals surface area contributed by atoms with Crippen LogP contribution >= 0.6 is 11.8 Å². The van der Waals surface area contributed by atoms with E-state index in [-0.39, 0.29) is 28.0 Å². The minimum absolute atomic E-state index is 0.0850. The molecule has 0 spiro atoms. The monoisotopic (exact) mass is 507 g/mol. The van der Waals surface area contributed by atoms with Crippen LogP contribution in [0.15, 0.2) is 59.1 Å². The standard InChI is InChI=1S/C26H25N3O6S/c1-4-35-20-8-6-5-7-18(20)22-19(13-27)25(29-24(32)23(22)26(33)34-3)36-14-21(31)28-17-11-9-16(10-12-17)15(2)30/h5-12,22-23H,4,14H2,1-3H3,(H,28,31)(H,29,32)/t22-,23+/m0/s1. The fraction of sp³-hybridized carbons (Fsp3) is 0.269. The first-order chi connectivity index (χ1) is 17.3. The van der Waals surface area contributed by atoms with Gasteiger partial charge in [-0.15, -0.1) is 0 Å². The molecule has 1 heterocycles. The second-order valence-corrected chi connectivity index (χ2v) is 8.75. The van der Waals surface area contributed by atoms with E-state index in [4.69, 9.17) is 9.47 Å². The number of carbonyl (C=O) groups excluding carboxylic acids is 4. The minimum atomic E-state index is -1.30. The fourth-order valence-corrected chi connectivity index (χ4v) is 4.65. The Hall–Kier alpha value is -4.10. The molecule has 2 N–H and O–H groups in total. The van der Waals surface area contributed by atoms with Crippen LogP contribution in [0, 0.1) is 17.2 Å². The van der Waals surface area contributed by atoms with Crippen LogP contribution in [-0.4, -0.2) is 43.0 Å². The number of nitriles is 1. The van der Waals surface area contributed by atoms with Crippen LogP contribution in [0.2, 0.25) is 0 Å². The molecule has 1 aliphatic rings. The predicted molar refractivity (Wildman–Crippen MR) is 134 cm³/mol. The average molecular weight is 508 g/mol. The Balaban J connectivity index is 1.89. The largest absolute Gasteiger partial charge is 0.494 e. The molecule has 1 aliphatic heterocycles. The number of anilines is 1. The third-order valence-corrected chi connectivity index (χ3v) is 6.48. The Labute approximate surface area is 212 Å². The predicted octanol–water partition coefficient (Wildman–Crippen LogP) is 3.40. The maximum Gasteiger partial charge on any atom is 0.319 e. The summed E-state index contributed by atoms with van der Waals surface area (Å²) >= 11 is 0.974. The summed E-state index contributed by atoms with van der Waals surface area (Å²) < 4.78 is 10.6. The van der Waals surface area contributed by atoms with Gasteiger partial charge in [-0.05, 0) is 44.2 Å². The van der Waals surface area contributed by atoms with E-state index in [0.29, 0.717) is 29.2 Å². The van der Waals surface area contributed by atoms with Crippen molar-refractivity contribution in [3.63, 3.8) is 0 Å². The maximum absolute atomic E-state index is 13.0. The molecule has 2 amide bonds. The molecule has 0 unspecified atom stereocenters. The second kappa shape index (κ2) is 12.0. The minimum Gasteiger partial charge on any atom is -0.494 e. The molecule has 36 heavy (non-hydrogen) atoms. The van der Waals surface area contributed by atoms with Crippen LogP contribution in [-0.2, 0) is 19.1 Å². The molecule has 0 saturated heterocycles. The third-order valence-electron chi connectivity index (χ3n) is 5.46. The highest BCUT2D eigenvalue weighted by Gasteiger charge is 2.45. The van der Waals surface area contributed by atoms with Crippen molar-refractivity contribution in [2.24, 2.45) is 5.92 Å². The van der Waals surface area contributed by atoms with Gasteiger partial charge in [0.15, 0.2) is 5.78 Å². The molecule has 0 aromatic heterocycles. The van der Waals surface area contributed by atoms with Crippen LogP contribution in [0.4, 0.5) is 5.69 Å². The summed E-state index contributed by atoms with van der Waals surface area (Å²) in [5, 5.41) is 15.5.